The number of rotatable bonds is 6. The SMILES string of the molecule is C=C/C(=C\C(=C)/C=C/C(=O)O)c1cccc(N2CCOCC2)n1. The van der Waals surface area contributed by atoms with Crippen molar-refractivity contribution in [3.05, 3.63) is 66.9 Å². The average Bonchev–Trinajstić information content (AvgIpc) is 2.58. The molecule has 1 aromatic rings. The zero-order chi connectivity index (χ0) is 16.7. The Morgan fingerprint density at radius 1 is 1.30 bits per heavy atom. The van der Waals surface area contributed by atoms with Crippen molar-refractivity contribution in [2.24, 2.45) is 0 Å². The number of ether oxygens (including phenoxy) is 1. The fourth-order valence-corrected chi connectivity index (χ4v) is 2.22. The lowest BCUT2D eigenvalue weighted by Gasteiger charge is -2.28. The van der Waals surface area contributed by atoms with E-state index in [1.807, 2.05) is 18.2 Å². The summed E-state index contributed by atoms with van der Waals surface area (Å²) in [7, 11) is 0. The van der Waals surface area contributed by atoms with Crippen molar-refractivity contribution in [2.75, 3.05) is 31.2 Å². The van der Waals surface area contributed by atoms with Crippen molar-refractivity contribution in [3.63, 3.8) is 0 Å². The molecule has 0 aromatic carbocycles. The van der Waals surface area contributed by atoms with Crippen LogP contribution in [0, 0.1) is 0 Å². The number of morpholine rings is 1. The van der Waals surface area contributed by atoms with Crippen molar-refractivity contribution in [1.29, 1.82) is 0 Å². The van der Waals surface area contributed by atoms with Crippen molar-refractivity contribution < 1.29 is 14.6 Å². The highest BCUT2D eigenvalue weighted by molar-refractivity contribution is 5.81. The van der Waals surface area contributed by atoms with E-state index in [-0.39, 0.29) is 0 Å². The summed E-state index contributed by atoms with van der Waals surface area (Å²) >= 11 is 0. The Bertz CT molecular complexity index is 656. The average molecular weight is 312 g/mol. The van der Waals surface area contributed by atoms with Gasteiger partial charge >= 0.3 is 5.97 Å². The zero-order valence-electron chi connectivity index (χ0n) is 12.9. The van der Waals surface area contributed by atoms with E-state index in [1.165, 1.54) is 6.08 Å². The predicted octanol–water partition coefficient (Wildman–Crippen LogP) is 2.68. The third-order valence-corrected chi connectivity index (χ3v) is 3.37. The van der Waals surface area contributed by atoms with Crippen LogP contribution in [0.4, 0.5) is 5.82 Å². The van der Waals surface area contributed by atoms with Gasteiger partial charge in [0, 0.05) is 24.7 Å². The van der Waals surface area contributed by atoms with Crippen LogP contribution in [-0.4, -0.2) is 42.4 Å². The Kier molecular flexibility index (Phi) is 5.88. The van der Waals surface area contributed by atoms with Gasteiger partial charge in [-0.25, -0.2) is 9.78 Å². The second-order valence-electron chi connectivity index (χ2n) is 5.03. The van der Waals surface area contributed by atoms with Gasteiger partial charge in [-0.1, -0.05) is 25.3 Å². The number of carbonyl (C=O) groups is 1. The standard InChI is InChI=1S/C18H20N2O3/c1-3-15(13-14(2)7-8-18(21)22)16-5-4-6-17(19-16)20-9-11-23-12-10-20/h3-8,13H,1-2,9-12H2,(H,21,22)/b8-7+,15-13+. The van der Waals surface area contributed by atoms with E-state index < -0.39 is 5.97 Å². The lowest BCUT2D eigenvalue weighted by Crippen LogP contribution is -2.36. The summed E-state index contributed by atoms with van der Waals surface area (Å²) in [5, 5.41) is 8.65. The van der Waals surface area contributed by atoms with Crippen molar-refractivity contribution >= 4 is 17.4 Å². The van der Waals surface area contributed by atoms with Gasteiger partial charge in [-0.2, -0.15) is 0 Å². The van der Waals surface area contributed by atoms with Gasteiger partial charge in [-0.3, -0.25) is 0 Å². The van der Waals surface area contributed by atoms with Gasteiger partial charge in [0.25, 0.3) is 0 Å². The lowest BCUT2D eigenvalue weighted by molar-refractivity contribution is -0.131. The van der Waals surface area contributed by atoms with Gasteiger partial charge < -0.3 is 14.7 Å². The third-order valence-electron chi connectivity index (χ3n) is 3.37. The van der Waals surface area contributed by atoms with Crippen LogP contribution in [0.3, 0.4) is 0 Å². The van der Waals surface area contributed by atoms with Gasteiger partial charge in [-0.05, 0) is 29.9 Å². The summed E-state index contributed by atoms with van der Waals surface area (Å²) in [4.78, 5) is 17.4. The van der Waals surface area contributed by atoms with Crippen LogP contribution in [-0.2, 0) is 9.53 Å². The van der Waals surface area contributed by atoms with Crippen LogP contribution in [0.15, 0.2) is 61.2 Å². The topological polar surface area (TPSA) is 62.7 Å². The fraction of sp³-hybridized carbons (Fsp3) is 0.222. The third kappa shape index (κ3) is 4.93. The minimum absolute atomic E-state index is 0.570. The molecule has 1 saturated heterocycles. The molecule has 23 heavy (non-hydrogen) atoms. The molecule has 120 valence electrons. The molecule has 0 unspecified atom stereocenters. The lowest BCUT2D eigenvalue weighted by atomic mass is 10.1. The molecule has 2 rings (SSSR count). The van der Waals surface area contributed by atoms with Gasteiger partial charge in [0.05, 0.1) is 18.9 Å². The van der Waals surface area contributed by atoms with E-state index in [2.05, 4.69) is 23.0 Å². The van der Waals surface area contributed by atoms with Gasteiger partial charge in [0.1, 0.15) is 5.82 Å². The summed E-state index contributed by atoms with van der Waals surface area (Å²) in [5.74, 6) is -0.114. The molecule has 5 heteroatoms. The van der Waals surface area contributed by atoms with Crippen molar-refractivity contribution in [3.8, 4) is 0 Å². The largest absolute Gasteiger partial charge is 0.478 e. The molecular weight excluding hydrogens is 292 g/mol. The molecular formula is C18H20N2O3. The number of nitrogens with zero attached hydrogens (tertiary/aromatic N) is 2. The Balaban J connectivity index is 2.22. The summed E-state index contributed by atoms with van der Waals surface area (Å²) in [6, 6.07) is 5.81. The minimum atomic E-state index is -1.01. The van der Waals surface area contributed by atoms with Crippen molar-refractivity contribution in [2.45, 2.75) is 0 Å². The first kappa shape index (κ1) is 16.7. The molecule has 1 aliphatic rings. The van der Waals surface area contributed by atoms with Crippen LogP contribution < -0.4 is 4.90 Å². The molecule has 1 fully saturated rings. The first-order chi connectivity index (χ1) is 11.1. The Labute approximate surface area is 135 Å². The van der Waals surface area contributed by atoms with Crippen LogP contribution in [0.5, 0.6) is 0 Å². The Morgan fingerprint density at radius 3 is 2.70 bits per heavy atom. The molecule has 0 saturated carbocycles. The minimum Gasteiger partial charge on any atom is -0.478 e. The number of hydrogen-bond donors (Lipinski definition) is 1. The summed E-state index contributed by atoms with van der Waals surface area (Å²) < 4.78 is 5.35. The normalized spacial score (nSPS) is 15.7. The first-order valence-electron chi connectivity index (χ1n) is 7.34. The van der Waals surface area contributed by atoms with Gasteiger partial charge in [0.15, 0.2) is 0 Å². The molecule has 0 radical (unpaired) electrons. The highest BCUT2D eigenvalue weighted by Crippen LogP contribution is 2.20. The van der Waals surface area contributed by atoms with Crippen LogP contribution in [0.2, 0.25) is 0 Å². The number of carboxylic acids is 1. The second kappa shape index (κ2) is 8.10. The maximum Gasteiger partial charge on any atom is 0.328 e. The summed E-state index contributed by atoms with van der Waals surface area (Å²) in [6.07, 6.45) is 5.94. The van der Waals surface area contributed by atoms with Gasteiger partial charge in [-0.15, -0.1) is 0 Å². The van der Waals surface area contributed by atoms with E-state index >= 15 is 0 Å². The zero-order valence-corrected chi connectivity index (χ0v) is 12.9. The van der Waals surface area contributed by atoms with Crippen LogP contribution >= 0.6 is 0 Å². The highest BCUT2D eigenvalue weighted by Gasteiger charge is 2.13. The fourth-order valence-electron chi connectivity index (χ4n) is 2.22. The Morgan fingerprint density at radius 2 is 2.04 bits per heavy atom. The number of aliphatic carboxylic acids is 1. The Hall–Kier alpha value is -2.66. The number of pyridine rings is 1. The second-order valence-corrected chi connectivity index (χ2v) is 5.03. The van der Waals surface area contributed by atoms with E-state index in [0.29, 0.717) is 18.8 Å². The van der Waals surface area contributed by atoms with E-state index in [1.54, 1.807) is 12.2 Å². The molecule has 0 aliphatic carbocycles. The molecule has 0 amide bonds. The molecule has 0 bridgehead atoms. The van der Waals surface area contributed by atoms with Crippen LogP contribution in [0.1, 0.15) is 5.69 Å². The van der Waals surface area contributed by atoms with E-state index in [9.17, 15) is 4.79 Å². The smallest absolute Gasteiger partial charge is 0.328 e. The number of allylic oxidation sites excluding steroid dienone is 5. The number of anilines is 1. The number of hydrogen-bond acceptors (Lipinski definition) is 4. The van der Waals surface area contributed by atoms with Gasteiger partial charge in [0.2, 0.25) is 0 Å². The molecule has 0 atom stereocenters. The first-order valence-corrected chi connectivity index (χ1v) is 7.34. The maximum absolute atomic E-state index is 10.6. The summed E-state index contributed by atoms with van der Waals surface area (Å²) in [6.45, 7) is 10.7. The molecule has 1 N–H and O–H groups in total. The maximum atomic E-state index is 10.6. The predicted molar refractivity (Wildman–Crippen MR) is 91.4 cm³/mol. The molecule has 1 aliphatic heterocycles. The number of aromatic nitrogens is 1. The quantitative estimate of drug-likeness (QED) is 0.646. The highest BCUT2D eigenvalue weighted by atomic mass is 16.5. The molecule has 2 heterocycles. The van der Waals surface area contributed by atoms with E-state index in [0.717, 1.165) is 36.3 Å². The number of carboxylic acid groups (broad SMARTS) is 1. The molecule has 5 nitrogen and oxygen atoms in total. The van der Waals surface area contributed by atoms with Crippen molar-refractivity contribution in [1.82, 2.24) is 4.98 Å². The van der Waals surface area contributed by atoms with E-state index in [4.69, 9.17) is 9.84 Å². The summed E-state index contributed by atoms with van der Waals surface area (Å²) in [5.41, 5.74) is 2.13. The van der Waals surface area contributed by atoms with Crippen LogP contribution in [0.25, 0.3) is 5.57 Å². The monoisotopic (exact) mass is 312 g/mol. The molecule has 0 spiro atoms. The molecule has 1 aromatic heterocycles.